The summed E-state index contributed by atoms with van der Waals surface area (Å²) in [4.78, 5) is 11.9. The predicted octanol–water partition coefficient (Wildman–Crippen LogP) is 1.85. The van der Waals surface area contributed by atoms with Gasteiger partial charge in [0.25, 0.3) is 0 Å². The van der Waals surface area contributed by atoms with Crippen molar-refractivity contribution in [1.29, 1.82) is 0 Å². The lowest BCUT2D eigenvalue weighted by Crippen LogP contribution is -2.28. The van der Waals surface area contributed by atoms with Crippen LogP contribution in [0.1, 0.15) is 30.4 Å². The molecule has 3 heterocycles. The van der Waals surface area contributed by atoms with E-state index in [-0.39, 0.29) is 6.04 Å². The Morgan fingerprint density at radius 1 is 1.42 bits per heavy atom. The third-order valence-electron chi connectivity index (χ3n) is 3.29. The highest BCUT2D eigenvalue weighted by atomic mass is 15.3. The van der Waals surface area contributed by atoms with Gasteiger partial charge in [-0.1, -0.05) is 6.07 Å². The van der Waals surface area contributed by atoms with E-state index < -0.39 is 0 Å². The molecule has 0 bridgehead atoms. The number of pyridine rings is 1. The van der Waals surface area contributed by atoms with E-state index in [1.807, 2.05) is 10.7 Å². The second-order valence-electron chi connectivity index (χ2n) is 4.54. The van der Waals surface area contributed by atoms with Gasteiger partial charge >= 0.3 is 0 Å². The number of hydrogen-bond acceptors (Lipinski definition) is 4. The number of nitrogens with one attached hydrogen (secondary N) is 1. The largest absolute Gasteiger partial charge is 0.302 e. The minimum atomic E-state index is 0.235. The normalized spacial score (nSPS) is 17.7. The quantitative estimate of drug-likeness (QED) is 0.849. The van der Waals surface area contributed by atoms with Gasteiger partial charge < -0.3 is 5.32 Å². The van der Waals surface area contributed by atoms with Gasteiger partial charge in [-0.25, -0.2) is 14.5 Å². The first kappa shape index (κ1) is 11.8. The molecule has 6 nitrogen and oxygen atoms in total. The molecule has 6 heteroatoms. The van der Waals surface area contributed by atoms with Crippen LogP contribution in [0.2, 0.25) is 0 Å². The molecule has 3 rings (SSSR count). The zero-order valence-corrected chi connectivity index (χ0v) is 10.5. The number of fused-ring (bicyclic) bond motifs is 1. The number of rotatable bonds is 3. The van der Waals surface area contributed by atoms with Crippen LogP contribution in [0.5, 0.6) is 0 Å². The number of aromatic nitrogens is 4. The fraction of sp³-hybridized carbons (Fsp3) is 0.385. The average molecular weight is 254 g/mol. The SMILES string of the molecule is [C-]#[N+]c1ccc(CNC2CCCn3ncnc32)nc1. The summed E-state index contributed by atoms with van der Waals surface area (Å²) in [5.41, 5.74) is 1.50. The van der Waals surface area contributed by atoms with Gasteiger partial charge in [0.15, 0.2) is 0 Å². The molecule has 0 radical (unpaired) electrons. The molecule has 0 aromatic carbocycles. The van der Waals surface area contributed by atoms with Crippen molar-refractivity contribution < 1.29 is 0 Å². The van der Waals surface area contributed by atoms with E-state index in [0.717, 1.165) is 30.9 Å². The Morgan fingerprint density at radius 3 is 3.16 bits per heavy atom. The highest BCUT2D eigenvalue weighted by Gasteiger charge is 2.21. The molecule has 0 saturated heterocycles. The van der Waals surface area contributed by atoms with Crippen LogP contribution in [-0.2, 0) is 13.1 Å². The summed E-state index contributed by atoms with van der Waals surface area (Å²) in [7, 11) is 0. The second kappa shape index (κ2) is 5.16. The van der Waals surface area contributed by atoms with Gasteiger partial charge in [0.1, 0.15) is 12.2 Å². The molecule has 0 spiro atoms. The Hall–Kier alpha value is -2.26. The molecule has 2 aromatic rings. The highest BCUT2D eigenvalue weighted by molar-refractivity contribution is 5.41. The van der Waals surface area contributed by atoms with E-state index >= 15 is 0 Å². The predicted molar refractivity (Wildman–Crippen MR) is 69.3 cm³/mol. The molecule has 0 amide bonds. The summed E-state index contributed by atoms with van der Waals surface area (Å²) in [5, 5.41) is 7.66. The van der Waals surface area contributed by atoms with Gasteiger partial charge in [-0.3, -0.25) is 4.98 Å². The molecule has 0 fully saturated rings. The molecule has 1 atom stereocenters. The van der Waals surface area contributed by atoms with Gasteiger partial charge in [-0.2, -0.15) is 5.10 Å². The van der Waals surface area contributed by atoms with Crippen molar-refractivity contribution in [2.24, 2.45) is 0 Å². The summed E-state index contributed by atoms with van der Waals surface area (Å²) in [6.45, 7) is 8.52. The average Bonchev–Trinajstić information content (AvgIpc) is 2.94. The lowest BCUT2D eigenvalue weighted by Gasteiger charge is -2.23. The Labute approximate surface area is 111 Å². The van der Waals surface area contributed by atoms with Crippen molar-refractivity contribution in [3.05, 3.63) is 47.6 Å². The molecule has 0 aliphatic carbocycles. The zero-order valence-electron chi connectivity index (χ0n) is 10.5. The molecular weight excluding hydrogens is 240 g/mol. The summed E-state index contributed by atoms with van der Waals surface area (Å²) >= 11 is 0. The molecular formula is C13H14N6. The Kier molecular flexibility index (Phi) is 3.21. The number of hydrogen-bond donors (Lipinski definition) is 1. The van der Waals surface area contributed by atoms with E-state index in [1.54, 1.807) is 18.6 Å². The van der Waals surface area contributed by atoms with E-state index in [4.69, 9.17) is 6.57 Å². The van der Waals surface area contributed by atoms with Crippen molar-refractivity contribution >= 4 is 5.69 Å². The molecule has 1 aliphatic rings. The van der Waals surface area contributed by atoms with Crippen molar-refractivity contribution in [3.8, 4) is 0 Å². The first-order valence-electron chi connectivity index (χ1n) is 6.30. The van der Waals surface area contributed by atoms with Crippen LogP contribution < -0.4 is 5.32 Å². The second-order valence-corrected chi connectivity index (χ2v) is 4.54. The third kappa shape index (κ3) is 2.46. The fourth-order valence-electron chi connectivity index (χ4n) is 2.30. The third-order valence-corrected chi connectivity index (χ3v) is 3.29. The van der Waals surface area contributed by atoms with Crippen molar-refractivity contribution in [3.63, 3.8) is 0 Å². The first-order chi connectivity index (χ1) is 9.36. The minimum Gasteiger partial charge on any atom is -0.302 e. The van der Waals surface area contributed by atoms with Crippen LogP contribution in [0.25, 0.3) is 4.85 Å². The smallest absolute Gasteiger partial charge is 0.205 e. The molecule has 1 N–H and O–H groups in total. The first-order valence-corrected chi connectivity index (χ1v) is 6.30. The van der Waals surface area contributed by atoms with Gasteiger partial charge in [0, 0.05) is 19.3 Å². The Bertz CT molecular complexity index is 594. The highest BCUT2D eigenvalue weighted by Crippen LogP contribution is 2.22. The fourth-order valence-corrected chi connectivity index (χ4v) is 2.30. The van der Waals surface area contributed by atoms with Gasteiger partial charge in [-0.15, -0.1) is 0 Å². The lowest BCUT2D eigenvalue weighted by molar-refractivity contribution is 0.365. The van der Waals surface area contributed by atoms with E-state index in [1.165, 1.54) is 0 Å². The van der Waals surface area contributed by atoms with Gasteiger partial charge in [0.05, 0.1) is 18.3 Å². The van der Waals surface area contributed by atoms with E-state index in [0.29, 0.717) is 12.2 Å². The topological polar surface area (TPSA) is 60.0 Å². The van der Waals surface area contributed by atoms with Crippen molar-refractivity contribution in [2.75, 3.05) is 0 Å². The lowest BCUT2D eigenvalue weighted by atomic mass is 10.1. The van der Waals surface area contributed by atoms with Gasteiger partial charge in [0.2, 0.25) is 5.69 Å². The monoisotopic (exact) mass is 254 g/mol. The van der Waals surface area contributed by atoms with Crippen LogP contribution in [-0.4, -0.2) is 19.7 Å². The van der Waals surface area contributed by atoms with Gasteiger partial charge in [-0.05, 0) is 18.9 Å². The number of aryl methyl sites for hydroxylation is 1. The van der Waals surface area contributed by atoms with Crippen LogP contribution in [0.3, 0.4) is 0 Å². The zero-order chi connectivity index (χ0) is 13.1. The summed E-state index contributed by atoms with van der Waals surface area (Å²) in [6.07, 6.45) is 5.39. The van der Waals surface area contributed by atoms with E-state index in [2.05, 4.69) is 25.2 Å². The molecule has 0 saturated carbocycles. The molecule has 2 aromatic heterocycles. The van der Waals surface area contributed by atoms with Crippen LogP contribution in [0.15, 0.2) is 24.7 Å². The molecule has 1 aliphatic heterocycles. The minimum absolute atomic E-state index is 0.235. The maximum atomic E-state index is 6.89. The summed E-state index contributed by atoms with van der Waals surface area (Å²) < 4.78 is 1.96. The van der Waals surface area contributed by atoms with E-state index in [9.17, 15) is 0 Å². The molecule has 1 unspecified atom stereocenters. The van der Waals surface area contributed by atoms with Crippen LogP contribution >= 0.6 is 0 Å². The maximum absolute atomic E-state index is 6.89. The molecule has 19 heavy (non-hydrogen) atoms. The number of nitrogens with zero attached hydrogens (tertiary/aromatic N) is 5. The Morgan fingerprint density at radius 2 is 2.37 bits per heavy atom. The Balaban J connectivity index is 1.66. The standard InChI is InChI=1S/C13H14N6/c1-14-10-4-5-11(15-7-10)8-16-12-3-2-6-19-13(12)17-9-18-19/h4-5,7,9,12,16H,2-3,6,8H2. The summed E-state index contributed by atoms with van der Waals surface area (Å²) in [6, 6.07) is 3.91. The summed E-state index contributed by atoms with van der Waals surface area (Å²) in [5.74, 6) is 1.00. The van der Waals surface area contributed by atoms with Crippen molar-refractivity contribution in [1.82, 2.24) is 25.1 Å². The van der Waals surface area contributed by atoms with Crippen LogP contribution in [0, 0.1) is 6.57 Å². The maximum Gasteiger partial charge on any atom is 0.205 e. The molecule has 96 valence electrons. The van der Waals surface area contributed by atoms with Crippen molar-refractivity contribution in [2.45, 2.75) is 32.0 Å². The van der Waals surface area contributed by atoms with Crippen LogP contribution in [0.4, 0.5) is 5.69 Å².